The third kappa shape index (κ3) is 2.82. The molecule has 1 aromatic carbocycles. The van der Waals surface area contributed by atoms with Crippen LogP contribution >= 0.6 is 11.3 Å². The molecule has 1 nitrogen and oxygen atoms in total. The van der Waals surface area contributed by atoms with Crippen LogP contribution in [0.4, 0.5) is 0 Å². The standard InChI is InChI=1S/C16H21NS/c1-11(2)13-6-8-14(9-7-13)16(17-4)15-10-5-12(3)18-15/h5-11,16-17H,1-4H3. The normalized spacial score (nSPS) is 12.9. The summed E-state index contributed by atoms with van der Waals surface area (Å²) in [5, 5.41) is 3.41. The molecule has 0 radical (unpaired) electrons. The van der Waals surface area contributed by atoms with Crippen LogP contribution in [0.5, 0.6) is 0 Å². The van der Waals surface area contributed by atoms with Gasteiger partial charge in [0, 0.05) is 9.75 Å². The SMILES string of the molecule is CNC(c1ccc(C(C)C)cc1)c1ccc(C)s1. The average molecular weight is 259 g/mol. The number of thiophene rings is 1. The quantitative estimate of drug-likeness (QED) is 0.853. The smallest absolute Gasteiger partial charge is 0.0668 e. The minimum atomic E-state index is 0.310. The molecular formula is C16H21NS. The second kappa shape index (κ2) is 5.68. The minimum absolute atomic E-state index is 0.310. The molecule has 1 atom stereocenters. The first-order valence-corrected chi connectivity index (χ1v) is 7.27. The van der Waals surface area contributed by atoms with Gasteiger partial charge in [-0.25, -0.2) is 0 Å². The third-order valence-corrected chi connectivity index (χ3v) is 4.34. The van der Waals surface area contributed by atoms with E-state index in [1.807, 2.05) is 18.4 Å². The van der Waals surface area contributed by atoms with E-state index < -0.39 is 0 Å². The van der Waals surface area contributed by atoms with Crippen molar-refractivity contribution < 1.29 is 0 Å². The van der Waals surface area contributed by atoms with Crippen LogP contribution in [-0.4, -0.2) is 7.05 Å². The van der Waals surface area contributed by atoms with E-state index in [0.717, 1.165) is 0 Å². The monoisotopic (exact) mass is 259 g/mol. The predicted octanol–water partition coefficient (Wildman–Crippen LogP) is 4.49. The zero-order valence-corrected chi connectivity index (χ0v) is 12.3. The van der Waals surface area contributed by atoms with Crippen molar-refractivity contribution in [1.29, 1.82) is 0 Å². The fourth-order valence-electron chi connectivity index (χ4n) is 2.16. The summed E-state index contributed by atoms with van der Waals surface area (Å²) in [6.45, 7) is 6.61. The van der Waals surface area contributed by atoms with Gasteiger partial charge in [0.25, 0.3) is 0 Å². The van der Waals surface area contributed by atoms with Gasteiger partial charge in [0.1, 0.15) is 0 Å². The molecule has 0 saturated heterocycles. The van der Waals surface area contributed by atoms with Crippen LogP contribution in [0.15, 0.2) is 36.4 Å². The van der Waals surface area contributed by atoms with Gasteiger partial charge in [-0.3, -0.25) is 0 Å². The van der Waals surface area contributed by atoms with Crippen LogP contribution in [0, 0.1) is 6.92 Å². The van der Waals surface area contributed by atoms with Crippen LogP contribution in [0.2, 0.25) is 0 Å². The Kier molecular flexibility index (Phi) is 4.20. The van der Waals surface area contributed by atoms with E-state index in [1.54, 1.807) is 0 Å². The fourth-order valence-corrected chi connectivity index (χ4v) is 3.17. The van der Waals surface area contributed by atoms with E-state index in [-0.39, 0.29) is 0 Å². The molecule has 96 valence electrons. The van der Waals surface area contributed by atoms with Gasteiger partial charge >= 0.3 is 0 Å². The van der Waals surface area contributed by atoms with E-state index in [1.165, 1.54) is 20.9 Å². The summed E-state index contributed by atoms with van der Waals surface area (Å²) >= 11 is 1.86. The molecule has 0 saturated carbocycles. The lowest BCUT2D eigenvalue weighted by molar-refractivity contribution is 0.703. The maximum atomic E-state index is 3.41. The molecule has 2 heteroatoms. The first-order chi connectivity index (χ1) is 8.61. The van der Waals surface area contributed by atoms with Gasteiger partial charge in [-0.2, -0.15) is 0 Å². The Hall–Kier alpha value is -1.12. The molecule has 1 N–H and O–H groups in total. The van der Waals surface area contributed by atoms with Crippen LogP contribution in [0.25, 0.3) is 0 Å². The molecule has 1 heterocycles. The topological polar surface area (TPSA) is 12.0 Å². The van der Waals surface area contributed by atoms with Crippen molar-refractivity contribution in [3.8, 4) is 0 Å². The van der Waals surface area contributed by atoms with Crippen molar-refractivity contribution in [2.45, 2.75) is 32.7 Å². The van der Waals surface area contributed by atoms with Gasteiger partial charge in [0.05, 0.1) is 6.04 Å². The van der Waals surface area contributed by atoms with Gasteiger partial charge in [0.15, 0.2) is 0 Å². The lowest BCUT2D eigenvalue weighted by Crippen LogP contribution is -2.16. The van der Waals surface area contributed by atoms with Crippen molar-refractivity contribution in [2.24, 2.45) is 0 Å². The highest BCUT2D eigenvalue weighted by atomic mass is 32.1. The summed E-state index contributed by atoms with van der Waals surface area (Å²) < 4.78 is 0. The van der Waals surface area contributed by atoms with Crippen LogP contribution in [0.3, 0.4) is 0 Å². The predicted molar refractivity (Wildman–Crippen MR) is 80.5 cm³/mol. The molecule has 1 aromatic heterocycles. The number of hydrogen-bond acceptors (Lipinski definition) is 2. The second-order valence-electron chi connectivity index (χ2n) is 4.99. The van der Waals surface area contributed by atoms with Crippen molar-refractivity contribution in [1.82, 2.24) is 5.32 Å². The Morgan fingerprint density at radius 2 is 1.56 bits per heavy atom. The lowest BCUT2D eigenvalue weighted by Gasteiger charge is -2.16. The Balaban J connectivity index is 2.28. The van der Waals surface area contributed by atoms with Crippen molar-refractivity contribution >= 4 is 11.3 Å². The molecule has 2 aromatic rings. The van der Waals surface area contributed by atoms with Crippen LogP contribution < -0.4 is 5.32 Å². The molecule has 1 unspecified atom stereocenters. The molecule has 0 aliphatic carbocycles. The molecule has 0 amide bonds. The summed E-state index contributed by atoms with van der Waals surface area (Å²) in [6, 6.07) is 13.7. The highest BCUT2D eigenvalue weighted by molar-refractivity contribution is 7.12. The number of nitrogens with one attached hydrogen (secondary N) is 1. The van der Waals surface area contributed by atoms with E-state index in [2.05, 4.69) is 62.5 Å². The summed E-state index contributed by atoms with van der Waals surface area (Å²) in [4.78, 5) is 2.75. The van der Waals surface area contributed by atoms with Crippen molar-refractivity contribution in [3.63, 3.8) is 0 Å². The Bertz CT molecular complexity index is 496. The molecule has 18 heavy (non-hydrogen) atoms. The first-order valence-electron chi connectivity index (χ1n) is 6.45. The van der Waals surface area contributed by atoms with E-state index in [9.17, 15) is 0 Å². The van der Waals surface area contributed by atoms with E-state index in [4.69, 9.17) is 0 Å². The maximum Gasteiger partial charge on any atom is 0.0668 e. The summed E-state index contributed by atoms with van der Waals surface area (Å²) in [5.74, 6) is 0.594. The highest BCUT2D eigenvalue weighted by Crippen LogP contribution is 2.28. The summed E-state index contributed by atoms with van der Waals surface area (Å²) in [7, 11) is 2.02. The largest absolute Gasteiger partial charge is 0.309 e. The second-order valence-corrected chi connectivity index (χ2v) is 6.31. The molecule has 0 fully saturated rings. The van der Waals surface area contributed by atoms with Gasteiger partial charge in [0.2, 0.25) is 0 Å². The Morgan fingerprint density at radius 1 is 0.944 bits per heavy atom. The fraction of sp³-hybridized carbons (Fsp3) is 0.375. The molecule has 0 aliphatic rings. The zero-order chi connectivity index (χ0) is 13.1. The third-order valence-electron chi connectivity index (χ3n) is 3.27. The first kappa shape index (κ1) is 13.3. The Morgan fingerprint density at radius 3 is 2.00 bits per heavy atom. The molecular weight excluding hydrogens is 238 g/mol. The number of rotatable bonds is 4. The summed E-state index contributed by atoms with van der Waals surface area (Å²) in [5.41, 5.74) is 2.74. The van der Waals surface area contributed by atoms with Crippen LogP contribution in [0.1, 0.15) is 46.7 Å². The Labute approximate surface area is 114 Å². The lowest BCUT2D eigenvalue weighted by atomic mass is 9.98. The van der Waals surface area contributed by atoms with Gasteiger partial charge in [-0.1, -0.05) is 38.1 Å². The zero-order valence-electron chi connectivity index (χ0n) is 11.5. The van der Waals surface area contributed by atoms with E-state index in [0.29, 0.717) is 12.0 Å². The molecule has 0 bridgehead atoms. The van der Waals surface area contributed by atoms with Crippen LogP contribution in [-0.2, 0) is 0 Å². The average Bonchev–Trinajstić information content (AvgIpc) is 2.77. The van der Waals surface area contributed by atoms with Gasteiger partial charge < -0.3 is 5.32 Å². The number of aryl methyl sites for hydroxylation is 1. The maximum absolute atomic E-state index is 3.41. The number of hydrogen-bond donors (Lipinski definition) is 1. The van der Waals surface area contributed by atoms with Gasteiger partial charge in [-0.15, -0.1) is 11.3 Å². The number of benzene rings is 1. The van der Waals surface area contributed by atoms with Crippen molar-refractivity contribution in [3.05, 3.63) is 57.3 Å². The molecule has 0 aliphatic heterocycles. The summed E-state index contributed by atoms with van der Waals surface area (Å²) in [6.07, 6.45) is 0. The van der Waals surface area contributed by atoms with E-state index >= 15 is 0 Å². The van der Waals surface area contributed by atoms with Crippen molar-refractivity contribution in [2.75, 3.05) is 7.05 Å². The minimum Gasteiger partial charge on any atom is -0.309 e. The molecule has 0 spiro atoms. The highest BCUT2D eigenvalue weighted by Gasteiger charge is 2.13. The molecule has 2 rings (SSSR count). The van der Waals surface area contributed by atoms with Gasteiger partial charge in [-0.05, 0) is 43.1 Å².